The lowest BCUT2D eigenvalue weighted by molar-refractivity contribution is -0.150. The molecule has 0 atom stereocenters. The predicted molar refractivity (Wildman–Crippen MR) is 98.6 cm³/mol. The van der Waals surface area contributed by atoms with E-state index in [1.807, 2.05) is 0 Å². The van der Waals surface area contributed by atoms with Crippen molar-refractivity contribution in [3.8, 4) is 11.8 Å². The van der Waals surface area contributed by atoms with Crippen molar-refractivity contribution < 1.29 is 23.5 Å². The van der Waals surface area contributed by atoms with Gasteiger partial charge in [-0.2, -0.15) is 5.26 Å². The number of hydrogen-bond donors (Lipinski definition) is 1. The normalized spacial score (nSPS) is 15.0. The van der Waals surface area contributed by atoms with Crippen LogP contribution in [0, 0.1) is 18.3 Å². The highest BCUT2D eigenvalue weighted by Gasteiger charge is 2.35. The largest absolute Gasteiger partial charge is 0.482 e. The lowest BCUT2D eigenvalue weighted by Gasteiger charge is -2.21. The molecule has 8 nitrogen and oxygen atoms in total. The summed E-state index contributed by atoms with van der Waals surface area (Å²) in [5, 5.41) is 12.7. The van der Waals surface area contributed by atoms with Gasteiger partial charge >= 0.3 is 11.6 Å². The lowest BCUT2D eigenvalue weighted by Crippen LogP contribution is -2.46. The molecule has 0 bridgehead atoms. The number of carbonyl (C=O) groups excluding carboxylic acids is 2. The highest BCUT2D eigenvalue weighted by Crippen LogP contribution is 2.28. The summed E-state index contributed by atoms with van der Waals surface area (Å²) in [5.74, 6) is -0.907. The highest BCUT2D eigenvalue weighted by molar-refractivity contribution is 5.82. The molecule has 1 amide bonds. The van der Waals surface area contributed by atoms with Crippen molar-refractivity contribution in [2.45, 2.75) is 38.1 Å². The van der Waals surface area contributed by atoms with Crippen LogP contribution in [0.15, 0.2) is 33.5 Å². The van der Waals surface area contributed by atoms with E-state index in [1.165, 1.54) is 12.1 Å². The van der Waals surface area contributed by atoms with Gasteiger partial charge in [0.05, 0.1) is 6.07 Å². The summed E-state index contributed by atoms with van der Waals surface area (Å²) in [6, 6.07) is 8.42. The van der Waals surface area contributed by atoms with E-state index in [9.17, 15) is 19.6 Å². The van der Waals surface area contributed by atoms with Crippen LogP contribution in [0.1, 0.15) is 31.2 Å². The van der Waals surface area contributed by atoms with Crippen LogP contribution < -0.4 is 15.7 Å². The first-order chi connectivity index (χ1) is 13.4. The molecule has 1 aliphatic rings. The Kier molecular flexibility index (Phi) is 5.64. The minimum Gasteiger partial charge on any atom is -0.482 e. The molecular formula is C20H20N2O6. The Balaban J connectivity index is 1.50. The second-order valence-electron chi connectivity index (χ2n) is 6.80. The molecule has 1 fully saturated rings. The zero-order chi connectivity index (χ0) is 20.1. The van der Waals surface area contributed by atoms with Gasteiger partial charge < -0.3 is 19.2 Å². The molecule has 0 radical (unpaired) electrons. The van der Waals surface area contributed by atoms with Crippen molar-refractivity contribution in [2.24, 2.45) is 0 Å². The Morgan fingerprint density at radius 3 is 2.71 bits per heavy atom. The average molecular weight is 384 g/mol. The van der Waals surface area contributed by atoms with E-state index in [-0.39, 0.29) is 0 Å². The van der Waals surface area contributed by atoms with Crippen LogP contribution >= 0.6 is 0 Å². The van der Waals surface area contributed by atoms with E-state index in [0.29, 0.717) is 24.2 Å². The summed E-state index contributed by atoms with van der Waals surface area (Å²) in [7, 11) is 0. The third-order valence-corrected chi connectivity index (χ3v) is 4.69. The Labute approximate surface area is 161 Å². The number of benzene rings is 1. The summed E-state index contributed by atoms with van der Waals surface area (Å²) in [5.41, 5.74) is -0.188. The van der Waals surface area contributed by atoms with E-state index in [0.717, 1.165) is 23.8 Å². The summed E-state index contributed by atoms with van der Waals surface area (Å²) in [4.78, 5) is 35.2. The standard InChI is InChI=1S/C20H20N2O6/c1-13-8-18(24)28-16-9-14(4-5-15(13)16)26-11-19(25)27-10-17(23)22-20(12-21)6-2-3-7-20/h4-5,8-9H,2-3,6-7,10-11H2,1H3,(H,22,23). The van der Waals surface area contributed by atoms with Crippen molar-refractivity contribution in [3.63, 3.8) is 0 Å². The van der Waals surface area contributed by atoms with Gasteiger partial charge in [0.2, 0.25) is 0 Å². The molecule has 8 heteroatoms. The Hall–Kier alpha value is -3.34. The Morgan fingerprint density at radius 1 is 1.25 bits per heavy atom. The molecule has 1 aromatic heterocycles. The molecule has 28 heavy (non-hydrogen) atoms. The van der Waals surface area contributed by atoms with E-state index in [1.54, 1.807) is 19.1 Å². The molecule has 1 saturated carbocycles. The van der Waals surface area contributed by atoms with Gasteiger partial charge in [-0.3, -0.25) is 4.79 Å². The monoisotopic (exact) mass is 384 g/mol. The molecule has 1 N–H and O–H groups in total. The molecule has 146 valence electrons. The van der Waals surface area contributed by atoms with Gasteiger partial charge in [0.1, 0.15) is 16.9 Å². The van der Waals surface area contributed by atoms with Crippen molar-refractivity contribution in [1.82, 2.24) is 5.32 Å². The molecule has 0 unspecified atom stereocenters. The first-order valence-corrected chi connectivity index (χ1v) is 8.96. The van der Waals surface area contributed by atoms with Crippen molar-refractivity contribution in [1.29, 1.82) is 5.26 Å². The minimum atomic E-state index is -0.854. The third-order valence-electron chi connectivity index (χ3n) is 4.69. The molecular weight excluding hydrogens is 364 g/mol. The molecule has 0 spiro atoms. The lowest BCUT2D eigenvalue weighted by atomic mass is 10.00. The van der Waals surface area contributed by atoms with Crippen molar-refractivity contribution >= 4 is 22.8 Å². The summed E-state index contributed by atoms with van der Waals surface area (Å²) < 4.78 is 15.4. The van der Waals surface area contributed by atoms with Crippen molar-refractivity contribution in [3.05, 3.63) is 40.2 Å². The Morgan fingerprint density at radius 2 is 2.00 bits per heavy atom. The summed E-state index contributed by atoms with van der Waals surface area (Å²) in [6.07, 6.45) is 2.97. The number of esters is 1. The smallest absolute Gasteiger partial charge is 0.344 e. The van der Waals surface area contributed by atoms with Gasteiger partial charge in [-0.1, -0.05) is 0 Å². The number of carbonyl (C=O) groups is 2. The van der Waals surface area contributed by atoms with Crippen LogP contribution in [0.4, 0.5) is 0 Å². The van der Waals surface area contributed by atoms with Crippen LogP contribution in [0.5, 0.6) is 5.75 Å². The summed E-state index contributed by atoms with van der Waals surface area (Å²) in [6.45, 7) is 0.917. The highest BCUT2D eigenvalue weighted by atomic mass is 16.6. The Bertz CT molecular complexity index is 998. The van der Waals surface area contributed by atoms with Crippen LogP contribution in [-0.4, -0.2) is 30.6 Å². The van der Waals surface area contributed by atoms with Crippen molar-refractivity contribution in [2.75, 3.05) is 13.2 Å². The van der Waals surface area contributed by atoms with Gasteiger partial charge in [-0.15, -0.1) is 0 Å². The predicted octanol–water partition coefficient (Wildman–Crippen LogP) is 1.98. The van der Waals surface area contributed by atoms with E-state index in [4.69, 9.17) is 13.9 Å². The van der Waals surface area contributed by atoms with Gasteiger partial charge in [-0.05, 0) is 50.3 Å². The quantitative estimate of drug-likeness (QED) is 0.597. The zero-order valence-electron chi connectivity index (χ0n) is 15.4. The number of nitrogens with zero attached hydrogens (tertiary/aromatic N) is 1. The minimum absolute atomic E-state index is 0.331. The maximum atomic E-state index is 11.9. The first kappa shape index (κ1) is 19.4. The molecule has 1 aromatic carbocycles. The fraction of sp³-hybridized carbons (Fsp3) is 0.400. The van der Waals surface area contributed by atoms with Gasteiger partial charge in [-0.25, -0.2) is 9.59 Å². The second-order valence-corrected chi connectivity index (χ2v) is 6.80. The van der Waals surface area contributed by atoms with Gasteiger partial charge in [0.15, 0.2) is 13.2 Å². The molecule has 2 aromatic rings. The third kappa shape index (κ3) is 4.49. The molecule has 3 rings (SSSR count). The maximum absolute atomic E-state index is 11.9. The number of amides is 1. The van der Waals surface area contributed by atoms with Gasteiger partial charge in [0.25, 0.3) is 5.91 Å². The number of fused-ring (bicyclic) bond motifs is 1. The summed E-state index contributed by atoms with van der Waals surface area (Å²) >= 11 is 0. The van der Waals surface area contributed by atoms with E-state index < -0.39 is 36.3 Å². The van der Waals surface area contributed by atoms with Crippen LogP contribution in [0.2, 0.25) is 0 Å². The van der Waals surface area contributed by atoms with Gasteiger partial charge in [0, 0.05) is 17.5 Å². The molecule has 0 aliphatic heterocycles. The molecule has 1 aliphatic carbocycles. The van der Waals surface area contributed by atoms with E-state index in [2.05, 4.69) is 11.4 Å². The van der Waals surface area contributed by atoms with E-state index >= 15 is 0 Å². The number of ether oxygens (including phenoxy) is 2. The number of nitrogens with one attached hydrogen (secondary N) is 1. The molecule has 1 heterocycles. The van der Waals surface area contributed by atoms with Crippen LogP contribution in [-0.2, 0) is 14.3 Å². The van der Waals surface area contributed by atoms with Crippen LogP contribution in [0.3, 0.4) is 0 Å². The zero-order valence-corrected chi connectivity index (χ0v) is 15.4. The second kappa shape index (κ2) is 8.13. The average Bonchev–Trinajstić information content (AvgIpc) is 3.13. The number of aryl methyl sites for hydroxylation is 1. The number of hydrogen-bond acceptors (Lipinski definition) is 7. The topological polar surface area (TPSA) is 119 Å². The maximum Gasteiger partial charge on any atom is 0.344 e. The van der Waals surface area contributed by atoms with Crippen LogP contribution in [0.25, 0.3) is 11.0 Å². The first-order valence-electron chi connectivity index (χ1n) is 8.96. The number of nitriles is 1. The SMILES string of the molecule is Cc1cc(=O)oc2cc(OCC(=O)OCC(=O)NC3(C#N)CCCC3)ccc12. The fourth-order valence-electron chi connectivity index (χ4n) is 3.27. The molecule has 0 saturated heterocycles. The fourth-order valence-corrected chi connectivity index (χ4v) is 3.27. The number of rotatable bonds is 6.